The quantitative estimate of drug-likeness (QED) is 0.418. The topological polar surface area (TPSA) is 72.8 Å². The summed E-state index contributed by atoms with van der Waals surface area (Å²) in [5.74, 6) is -0.00390. The van der Waals surface area contributed by atoms with Gasteiger partial charge in [0.2, 0.25) is 0 Å². The molecule has 0 saturated carbocycles. The van der Waals surface area contributed by atoms with E-state index >= 15 is 0 Å². The second kappa shape index (κ2) is 9.69. The molecule has 0 aliphatic carbocycles. The third-order valence-electron chi connectivity index (χ3n) is 4.04. The molecule has 142 valence electrons. The van der Waals surface area contributed by atoms with Gasteiger partial charge >= 0.3 is 5.97 Å². The molecule has 0 amide bonds. The fourth-order valence-corrected chi connectivity index (χ4v) is 2.67. The van der Waals surface area contributed by atoms with Crippen molar-refractivity contribution in [2.45, 2.75) is 26.4 Å². The summed E-state index contributed by atoms with van der Waals surface area (Å²) in [6.07, 6.45) is 0.756. The largest absolute Gasteiger partial charge is 0.490 e. The molecule has 27 heavy (non-hydrogen) atoms. The minimum Gasteiger partial charge on any atom is -0.490 e. The maximum Gasteiger partial charge on any atom is 0.330 e. The Labute approximate surface area is 159 Å². The van der Waals surface area contributed by atoms with Crippen LogP contribution in [0.2, 0.25) is 0 Å². The van der Waals surface area contributed by atoms with Crippen LogP contribution in [0, 0.1) is 6.92 Å². The first kappa shape index (κ1) is 20.4. The number of aliphatic hydroxyl groups excluding tert-OH is 1. The Bertz CT molecular complexity index is 811. The average molecular weight is 368 g/mol. The number of aryl methyl sites for hydroxylation is 2. The summed E-state index contributed by atoms with van der Waals surface area (Å²) in [4.78, 5) is 23.7. The SMILES string of the molecule is C=CC(=O)OCC(O)COc1c(C)cc(C(=O)c2ccccc2)cc1CC. The van der Waals surface area contributed by atoms with E-state index in [-0.39, 0.29) is 19.0 Å². The highest BCUT2D eigenvalue weighted by Gasteiger charge is 2.16. The molecule has 0 aliphatic rings. The number of rotatable bonds is 9. The summed E-state index contributed by atoms with van der Waals surface area (Å²) in [5.41, 5.74) is 2.92. The van der Waals surface area contributed by atoms with Gasteiger partial charge in [-0.1, -0.05) is 43.8 Å². The number of carbonyl (C=O) groups is 2. The molecule has 0 bridgehead atoms. The van der Waals surface area contributed by atoms with Gasteiger partial charge in [-0.2, -0.15) is 0 Å². The van der Waals surface area contributed by atoms with E-state index in [0.717, 1.165) is 17.2 Å². The first-order valence-corrected chi connectivity index (χ1v) is 8.79. The monoisotopic (exact) mass is 368 g/mol. The van der Waals surface area contributed by atoms with E-state index in [1.807, 2.05) is 38.1 Å². The summed E-state index contributed by atoms with van der Waals surface area (Å²) in [6, 6.07) is 12.7. The van der Waals surface area contributed by atoms with Gasteiger partial charge in [-0.15, -0.1) is 0 Å². The van der Waals surface area contributed by atoms with Crippen molar-refractivity contribution in [3.05, 3.63) is 77.4 Å². The third-order valence-corrected chi connectivity index (χ3v) is 4.04. The van der Waals surface area contributed by atoms with Gasteiger partial charge in [-0.3, -0.25) is 4.79 Å². The lowest BCUT2D eigenvalue weighted by atomic mass is 9.97. The van der Waals surface area contributed by atoms with E-state index in [9.17, 15) is 14.7 Å². The van der Waals surface area contributed by atoms with Crippen LogP contribution in [0.25, 0.3) is 0 Å². The maximum atomic E-state index is 12.7. The summed E-state index contributed by atoms with van der Waals surface area (Å²) in [5, 5.41) is 9.91. The number of esters is 1. The van der Waals surface area contributed by atoms with E-state index in [2.05, 4.69) is 6.58 Å². The number of hydrogen-bond donors (Lipinski definition) is 1. The molecule has 0 fully saturated rings. The van der Waals surface area contributed by atoms with Gasteiger partial charge in [-0.05, 0) is 36.6 Å². The van der Waals surface area contributed by atoms with Gasteiger partial charge in [0.05, 0.1) is 0 Å². The van der Waals surface area contributed by atoms with Crippen molar-refractivity contribution in [2.75, 3.05) is 13.2 Å². The van der Waals surface area contributed by atoms with Crippen molar-refractivity contribution >= 4 is 11.8 Å². The van der Waals surface area contributed by atoms with Gasteiger partial charge in [0.25, 0.3) is 0 Å². The molecule has 2 aromatic rings. The van der Waals surface area contributed by atoms with Crippen molar-refractivity contribution in [1.29, 1.82) is 0 Å². The van der Waals surface area contributed by atoms with E-state index < -0.39 is 12.1 Å². The van der Waals surface area contributed by atoms with Crippen LogP contribution in [-0.4, -0.2) is 36.2 Å². The van der Waals surface area contributed by atoms with Crippen LogP contribution in [0.5, 0.6) is 5.75 Å². The zero-order valence-corrected chi connectivity index (χ0v) is 15.6. The highest BCUT2D eigenvalue weighted by Crippen LogP contribution is 2.27. The van der Waals surface area contributed by atoms with Crippen LogP contribution in [0.15, 0.2) is 55.1 Å². The van der Waals surface area contributed by atoms with Crippen LogP contribution in [0.4, 0.5) is 0 Å². The number of carbonyl (C=O) groups excluding carboxylic acids is 2. The fraction of sp³-hybridized carbons (Fsp3) is 0.273. The molecule has 0 aromatic heterocycles. The molecule has 0 aliphatic heterocycles. The Morgan fingerprint density at radius 2 is 1.85 bits per heavy atom. The zero-order chi connectivity index (χ0) is 19.8. The lowest BCUT2D eigenvalue weighted by Gasteiger charge is -2.17. The molecule has 2 aromatic carbocycles. The van der Waals surface area contributed by atoms with E-state index in [1.165, 1.54) is 0 Å². The van der Waals surface area contributed by atoms with Gasteiger partial charge in [0.1, 0.15) is 25.1 Å². The van der Waals surface area contributed by atoms with Crippen LogP contribution >= 0.6 is 0 Å². The summed E-state index contributed by atoms with van der Waals surface area (Å²) < 4.78 is 10.5. The zero-order valence-electron chi connectivity index (χ0n) is 15.6. The molecule has 1 N–H and O–H groups in total. The standard InChI is InChI=1S/C22H24O5/c1-4-16-12-18(21(25)17-9-7-6-8-10-17)11-15(3)22(16)27-14-19(23)13-26-20(24)5-2/h5-12,19,23H,2,4,13-14H2,1,3H3. The predicted octanol–water partition coefficient (Wildman–Crippen LogP) is 3.26. The Hall–Kier alpha value is -2.92. The van der Waals surface area contributed by atoms with E-state index in [1.54, 1.807) is 18.2 Å². The highest BCUT2D eigenvalue weighted by atomic mass is 16.5. The molecule has 1 atom stereocenters. The van der Waals surface area contributed by atoms with Crippen molar-refractivity contribution < 1.29 is 24.2 Å². The first-order chi connectivity index (χ1) is 13.0. The minimum atomic E-state index is -0.955. The summed E-state index contributed by atoms with van der Waals surface area (Å²) >= 11 is 0. The van der Waals surface area contributed by atoms with Crippen molar-refractivity contribution in [3.63, 3.8) is 0 Å². The number of ketones is 1. The summed E-state index contributed by atoms with van der Waals surface area (Å²) in [7, 11) is 0. The van der Waals surface area contributed by atoms with Crippen LogP contribution < -0.4 is 4.74 Å². The maximum absolute atomic E-state index is 12.7. The van der Waals surface area contributed by atoms with Crippen LogP contribution in [0.1, 0.15) is 34.0 Å². The van der Waals surface area contributed by atoms with Crippen molar-refractivity contribution in [1.82, 2.24) is 0 Å². The smallest absolute Gasteiger partial charge is 0.330 e. The molecule has 2 rings (SSSR count). The molecule has 0 heterocycles. The van der Waals surface area contributed by atoms with Gasteiger partial charge in [0.15, 0.2) is 5.78 Å². The predicted molar refractivity (Wildman–Crippen MR) is 103 cm³/mol. The van der Waals surface area contributed by atoms with Crippen LogP contribution in [0.3, 0.4) is 0 Å². The van der Waals surface area contributed by atoms with E-state index in [0.29, 0.717) is 23.3 Å². The molecular formula is C22H24O5. The molecule has 5 nitrogen and oxygen atoms in total. The molecule has 0 spiro atoms. The molecule has 1 unspecified atom stereocenters. The second-order valence-corrected chi connectivity index (χ2v) is 6.13. The van der Waals surface area contributed by atoms with Gasteiger partial charge in [0, 0.05) is 17.2 Å². The average Bonchev–Trinajstić information content (AvgIpc) is 2.70. The van der Waals surface area contributed by atoms with Crippen LogP contribution in [-0.2, 0) is 16.0 Å². The second-order valence-electron chi connectivity index (χ2n) is 6.13. The number of aliphatic hydroxyl groups is 1. The highest BCUT2D eigenvalue weighted by molar-refractivity contribution is 6.09. The number of benzene rings is 2. The Kier molecular flexibility index (Phi) is 7.32. The first-order valence-electron chi connectivity index (χ1n) is 8.79. The van der Waals surface area contributed by atoms with Crippen molar-refractivity contribution in [2.24, 2.45) is 0 Å². The summed E-state index contributed by atoms with van der Waals surface area (Å²) in [6.45, 7) is 6.94. The van der Waals surface area contributed by atoms with E-state index in [4.69, 9.17) is 9.47 Å². The Morgan fingerprint density at radius 3 is 2.48 bits per heavy atom. The third kappa shape index (κ3) is 5.53. The fourth-order valence-electron chi connectivity index (χ4n) is 2.67. The van der Waals surface area contributed by atoms with Gasteiger partial charge in [-0.25, -0.2) is 4.79 Å². The molecular weight excluding hydrogens is 344 g/mol. The number of hydrogen-bond acceptors (Lipinski definition) is 5. The minimum absolute atomic E-state index is 0.0236. The molecule has 5 heteroatoms. The molecule has 0 saturated heterocycles. The normalized spacial score (nSPS) is 11.5. The lowest BCUT2D eigenvalue weighted by Crippen LogP contribution is -2.25. The van der Waals surface area contributed by atoms with Gasteiger partial charge < -0.3 is 14.6 Å². The van der Waals surface area contributed by atoms with Crippen molar-refractivity contribution in [3.8, 4) is 5.75 Å². The Balaban J connectivity index is 2.13. The lowest BCUT2D eigenvalue weighted by molar-refractivity contribution is -0.141. The Morgan fingerprint density at radius 1 is 1.15 bits per heavy atom. The number of ether oxygens (including phenoxy) is 2. The molecule has 0 radical (unpaired) electrons.